The predicted octanol–water partition coefficient (Wildman–Crippen LogP) is 15.2. The van der Waals surface area contributed by atoms with E-state index in [-0.39, 0.29) is 5.41 Å². The van der Waals surface area contributed by atoms with Gasteiger partial charge in [0.25, 0.3) is 0 Å². The number of benzene rings is 5. The van der Waals surface area contributed by atoms with Crippen LogP contribution in [-0.4, -0.2) is 26.9 Å². The number of allylic oxidation sites excluding steroid dienone is 14. The third-order valence-corrected chi connectivity index (χ3v) is 13.4. The van der Waals surface area contributed by atoms with Gasteiger partial charge in [-0.15, -0.1) is 0 Å². The maximum Gasteiger partial charge on any atom is 0.235 e. The monoisotopic (exact) mass is 869 g/mol. The third kappa shape index (κ3) is 7.35. The molecule has 6 heteroatoms. The molecule has 0 saturated carbocycles. The van der Waals surface area contributed by atoms with Gasteiger partial charge >= 0.3 is 0 Å². The average Bonchev–Trinajstić information content (AvgIpc) is 3.58. The minimum atomic E-state index is -0.181. The fourth-order valence-corrected chi connectivity index (χ4v) is 10.1. The first kappa shape index (κ1) is 41.6. The molecule has 2 aliphatic heterocycles. The number of hydrogen-bond donors (Lipinski definition) is 0. The Bertz CT molecular complexity index is 3400. The molecule has 2 aliphatic carbocycles. The SMILES string of the molecule is C=C/C=C(\C=C/C)C1=Nc2cc3c(cc2OC1)c1cc(C2=CCC4=C(C=C2)N(C2=CC=CCC=C2)c2ccccc2C4(C)C)c(C)cc1n3-c1nc(-c2ccccc2)cc(-c2ccccc2)n1. The summed E-state index contributed by atoms with van der Waals surface area (Å²) in [6.07, 6.45) is 27.8. The zero-order chi connectivity index (χ0) is 45.6. The van der Waals surface area contributed by atoms with E-state index < -0.39 is 0 Å². The van der Waals surface area contributed by atoms with Gasteiger partial charge in [0.15, 0.2) is 0 Å². The molecule has 0 unspecified atom stereocenters. The zero-order valence-electron chi connectivity index (χ0n) is 38.4. The first-order valence-corrected chi connectivity index (χ1v) is 23.1. The normalized spacial score (nSPS) is 16.5. The Balaban J connectivity index is 1.12. The molecule has 4 aliphatic rings. The summed E-state index contributed by atoms with van der Waals surface area (Å²) >= 11 is 0. The van der Waals surface area contributed by atoms with E-state index >= 15 is 0 Å². The number of fused-ring (bicyclic) bond motifs is 5. The molecule has 0 saturated heterocycles. The molecule has 2 aromatic heterocycles. The van der Waals surface area contributed by atoms with E-state index in [0.717, 1.165) is 91.1 Å². The van der Waals surface area contributed by atoms with Crippen LogP contribution in [0.1, 0.15) is 50.3 Å². The number of nitrogens with zero attached hydrogens (tertiary/aromatic N) is 5. The van der Waals surface area contributed by atoms with Crippen molar-refractivity contribution in [3.63, 3.8) is 0 Å². The average molecular weight is 870 g/mol. The second-order valence-electron chi connectivity index (χ2n) is 17.9. The Morgan fingerprint density at radius 3 is 2.25 bits per heavy atom. The summed E-state index contributed by atoms with van der Waals surface area (Å²) in [6, 6.07) is 40.7. The molecule has 5 aromatic carbocycles. The topological polar surface area (TPSA) is 55.5 Å². The molecular weight excluding hydrogens is 819 g/mol. The molecule has 6 nitrogen and oxygen atoms in total. The standard InChI is InChI=1S/C61H51N5O/c1-6-20-42(21-7-2)54-39-67-59-36-48-47-35-46(41-30-32-50-56(33-31-41)65(45-26-16-8-9-17-27-45)55-29-19-18-28-49(55)61(50,4)5)40(3)34-57(47)66(58(48)38-53(59)62-54)60-63-51(43-22-12-10-13-23-43)37-52(64-60)44-24-14-11-15-25-44/h6-8,10-31,33-38H,1,9,32,39H2,2-5H3/b21-7-,42-20+. The van der Waals surface area contributed by atoms with Gasteiger partial charge in [-0.25, -0.2) is 15.0 Å². The summed E-state index contributed by atoms with van der Waals surface area (Å²) in [4.78, 5) is 18.4. The minimum Gasteiger partial charge on any atom is -0.485 e. The summed E-state index contributed by atoms with van der Waals surface area (Å²) in [5.74, 6) is 1.32. The fraction of sp³-hybridized carbons (Fsp3) is 0.131. The lowest BCUT2D eigenvalue weighted by atomic mass is 9.72. The number of ether oxygens (including phenoxy) is 1. The molecule has 11 rings (SSSR count). The number of rotatable bonds is 8. The van der Waals surface area contributed by atoms with Gasteiger partial charge in [-0.05, 0) is 115 Å². The van der Waals surface area contributed by atoms with Crippen LogP contribution < -0.4 is 9.64 Å². The largest absolute Gasteiger partial charge is 0.485 e. The summed E-state index contributed by atoms with van der Waals surface area (Å²) in [6.45, 7) is 13.3. The van der Waals surface area contributed by atoms with Gasteiger partial charge in [0.2, 0.25) is 5.95 Å². The van der Waals surface area contributed by atoms with Crippen LogP contribution in [-0.2, 0) is 5.41 Å². The molecule has 0 amide bonds. The summed E-state index contributed by atoms with van der Waals surface area (Å²) in [5, 5.41) is 2.12. The highest BCUT2D eigenvalue weighted by Gasteiger charge is 2.38. The van der Waals surface area contributed by atoms with Crippen LogP contribution in [0.25, 0.3) is 55.8 Å². The molecule has 0 radical (unpaired) electrons. The molecule has 0 bridgehead atoms. The van der Waals surface area contributed by atoms with Gasteiger partial charge < -0.3 is 9.64 Å². The maximum absolute atomic E-state index is 6.56. The summed E-state index contributed by atoms with van der Waals surface area (Å²) < 4.78 is 8.78. The Morgan fingerprint density at radius 2 is 1.51 bits per heavy atom. The molecule has 0 atom stereocenters. The molecule has 326 valence electrons. The lowest BCUT2D eigenvalue weighted by Gasteiger charge is -2.43. The molecule has 0 N–H and O–H groups in total. The molecule has 7 aromatic rings. The van der Waals surface area contributed by atoms with Gasteiger partial charge in [0.05, 0.1) is 33.8 Å². The number of aryl methyl sites for hydroxylation is 1. The Kier molecular flexibility index (Phi) is 10.6. The highest BCUT2D eigenvalue weighted by Crippen LogP contribution is 2.50. The third-order valence-electron chi connectivity index (χ3n) is 13.4. The van der Waals surface area contributed by atoms with Crippen LogP contribution in [0, 0.1) is 6.92 Å². The van der Waals surface area contributed by atoms with Gasteiger partial charge in [-0.3, -0.25) is 4.57 Å². The van der Waals surface area contributed by atoms with Crippen molar-refractivity contribution in [2.24, 2.45) is 4.99 Å². The summed E-state index contributed by atoms with van der Waals surface area (Å²) in [7, 11) is 0. The lowest BCUT2D eigenvalue weighted by molar-refractivity contribution is 0.373. The Morgan fingerprint density at radius 1 is 0.791 bits per heavy atom. The zero-order valence-corrected chi connectivity index (χ0v) is 38.4. The van der Waals surface area contributed by atoms with E-state index in [9.17, 15) is 0 Å². The van der Waals surface area contributed by atoms with E-state index in [1.165, 1.54) is 33.7 Å². The van der Waals surface area contributed by atoms with Crippen molar-refractivity contribution >= 4 is 44.5 Å². The smallest absolute Gasteiger partial charge is 0.235 e. The van der Waals surface area contributed by atoms with E-state index in [1.54, 1.807) is 6.08 Å². The van der Waals surface area contributed by atoms with Gasteiger partial charge in [-0.1, -0.05) is 154 Å². The first-order valence-electron chi connectivity index (χ1n) is 23.1. The van der Waals surface area contributed by atoms with Crippen molar-refractivity contribution in [1.82, 2.24) is 14.5 Å². The van der Waals surface area contributed by atoms with Crippen LogP contribution in [0.15, 0.2) is 222 Å². The van der Waals surface area contributed by atoms with Gasteiger partial charge in [-0.2, -0.15) is 0 Å². The van der Waals surface area contributed by atoms with Crippen molar-refractivity contribution < 1.29 is 4.74 Å². The quantitative estimate of drug-likeness (QED) is 0.143. The van der Waals surface area contributed by atoms with E-state index in [1.807, 2.05) is 37.3 Å². The van der Waals surface area contributed by atoms with Crippen LogP contribution in [0.3, 0.4) is 0 Å². The molecule has 67 heavy (non-hydrogen) atoms. The van der Waals surface area contributed by atoms with Crippen LogP contribution >= 0.6 is 0 Å². The van der Waals surface area contributed by atoms with Crippen LogP contribution in [0.5, 0.6) is 5.75 Å². The maximum atomic E-state index is 6.56. The van der Waals surface area contributed by atoms with E-state index in [0.29, 0.717) is 12.6 Å². The van der Waals surface area contributed by atoms with E-state index in [2.05, 4.69) is 189 Å². The molecule has 0 fully saturated rings. The molecule has 4 heterocycles. The second kappa shape index (κ2) is 17.0. The van der Waals surface area contributed by atoms with Gasteiger partial charge in [0.1, 0.15) is 18.0 Å². The number of hydrogen-bond acceptors (Lipinski definition) is 5. The van der Waals surface area contributed by atoms with E-state index in [4.69, 9.17) is 19.7 Å². The van der Waals surface area contributed by atoms with Crippen LogP contribution in [0.4, 0.5) is 11.4 Å². The number of aliphatic imine (C=N–C) groups is 1. The van der Waals surface area contributed by atoms with Crippen LogP contribution in [0.2, 0.25) is 0 Å². The summed E-state index contributed by atoms with van der Waals surface area (Å²) in [5.41, 5.74) is 17.9. The van der Waals surface area contributed by atoms with Gasteiger partial charge in [0, 0.05) is 38.7 Å². The number of anilines is 1. The Labute approximate surface area is 392 Å². The van der Waals surface area contributed by atoms with Crippen molar-refractivity contribution in [1.29, 1.82) is 0 Å². The van der Waals surface area contributed by atoms with Crippen molar-refractivity contribution in [2.45, 2.75) is 46.0 Å². The van der Waals surface area contributed by atoms with Crippen molar-refractivity contribution in [2.75, 3.05) is 11.5 Å². The minimum absolute atomic E-state index is 0.181. The van der Waals surface area contributed by atoms with Crippen molar-refractivity contribution in [3.05, 3.63) is 234 Å². The highest BCUT2D eigenvalue weighted by molar-refractivity contribution is 6.13. The fourth-order valence-electron chi connectivity index (χ4n) is 10.1. The highest BCUT2D eigenvalue weighted by atomic mass is 16.5. The molecular formula is C61H51N5O. The first-order chi connectivity index (χ1) is 32.8. The van der Waals surface area contributed by atoms with Crippen molar-refractivity contribution in [3.8, 4) is 34.2 Å². The predicted molar refractivity (Wildman–Crippen MR) is 279 cm³/mol. The Hall–Kier alpha value is -8.09. The number of aromatic nitrogens is 3. The number of para-hydroxylation sites is 1. The second-order valence-corrected chi connectivity index (χ2v) is 17.9. The lowest BCUT2D eigenvalue weighted by Crippen LogP contribution is -2.35. The molecule has 0 spiro atoms.